The Morgan fingerprint density at radius 2 is 2.14 bits per heavy atom. The first-order valence-electron chi connectivity index (χ1n) is 4.10. The maximum Gasteiger partial charge on any atom is 0.257 e. The molecule has 0 aromatic carbocycles. The number of alkyl halides is 2. The molecule has 1 unspecified atom stereocenters. The van der Waals surface area contributed by atoms with Gasteiger partial charge in [0.05, 0.1) is 13.2 Å². The molecule has 0 aliphatic carbocycles. The summed E-state index contributed by atoms with van der Waals surface area (Å²) in [4.78, 5) is 3.86. The van der Waals surface area contributed by atoms with Crippen molar-refractivity contribution in [3.8, 4) is 5.88 Å². The third-order valence-corrected chi connectivity index (χ3v) is 1.90. The number of aryl methyl sites for hydroxylation is 1. The highest BCUT2D eigenvalue weighted by Gasteiger charge is 2.18. The van der Waals surface area contributed by atoms with Crippen LogP contribution in [0.3, 0.4) is 0 Å². The normalized spacial score (nSPS) is 13.0. The molecule has 0 spiro atoms. The molecule has 0 bridgehead atoms. The number of ether oxygens (including phenoxy) is 1. The lowest BCUT2D eigenvalue weighted by molar-refractivity contribution is 0.116. The molecule has 1 aromatic rings. The van der Waals surface area contributed by atoms with Crippen molar-refractivity contribution in [1.29, 1.82) is 0 Å². The first-order chi connectivity index (χ1) is 6.56. The largest absolute Gasteiger partial charge is 0.481 e. The van der Waals surface area contributed by atoms with Crippen molar-refractivity contribution in [2.24, 2.45) is 5.73 Å². The Balaban J connectivity index is 2.96. The lowest BCUT2D eigenvalue weighted by atomic mass is 10.1. The summed E-state index contributed by atoms with van der Waals surface area (Å²) in [7, 11) is 1.47. The van der Waals surface area contributed by atoms with Crippen LogP contribution < -0.4 is 10.5 Å². The second-order valence-electron chi connectivity index (χ2n) is 2.96. The number of aromatic nitrogens is 1. The van der Waals surface area contributed by atoms with Gasteiger partial charge in [-0.2, -0.15) is 0 Å². The van der Waals surface area contributed by atoms with E-state index in [1.54, 1.807) is 13.0 Å². The van der Waals surface area contributed by atoms with Gasteiger partial charge in [-0.3, -0.25) is 0 Å². The molecule has 0 fully saturated rings. The fourth-order valence-electron chi connectivity index (χ4n) is 1.13. The minimum atomic E-state index is -2.58. The molecule has 0 aliphatic heterocycles. The van der Waals surface area contributed by atoms with Crippen molar-refractivity contribution < 1.29 is 13.5 Å². The van der Waals surface area contributed by atoms with Crippen molar-refractivity contribution in [1.82, 2.24) is 4.98 Å². The molecule has 0 saturated carbocycles. The second-order valence-corrected chi connectivity index (χ2v) is 2.96. The minimum Gasteiger partial charge on any atom is -0.481 e. The monoisotopic (exact) mass is 202 g/mol. The fourth-order valence-corrected chi connectivity index (χ4v) is 1.13. The third-order valence-electron chi connectivity index (χ3n) is 1.90. The summed E-state index contributed by atoms with van der Waals surface area (Å²) in [6, 6.07) is 0.273. The van der Waals surface area contributed by atoms with E-state index < -0.39 is 12.5 Å². The Hall–Kier alpha value is -1.23. The number of methoxy groups -OCH3 is 1. The fraction of sp³-hybridized carbons (Fsp3) is 0.444. The van der Waals surface area contributed by atoms with Gasteiger partial charge in [-0.1, -0.05) is 0 Å². The zero-order valence-electron chi connectivity index (χ0n) is 8.00. The standard InChI is InChI=1S/C9H12F2N2O/c1-5-3-6(7(12)8(10)11)4-13-9(5)14-2/h3-4,7-8H,12H2,1-2H3. The molecule has 0 radical (unpaired) electrons. The predicted molar refractivity (Wildman–Crippen MR) is 48.5 cm³/mol. The molecular formula is C9H12F2N2O. The van der Waals surface area contributed by atoms with Crippen LogP contribution >= 0.6 is 0 Å². The Kier molecular flexibility index (Phi) is 3.35. The van der Waals surface area contributed by atoms with E-state index in [-0.39, 0.29) is 0 Å². The molecule has 1 rings (SSSR count). The second kappa shape index (κ2) is 4.32. The summed E-state index contributed by atoms with van der Waals surface area (Å²) in [5.41, 5.74) is 6.28. The first kappa shape index (κ1) is 10.8. The molecule has 1 heterocycles. The van der Waals surface area contributed by atoms with Gasteiger partial charge < -0.3 is 10.5 Å². The number of rotatable bonds is 3. The molecule has 3 nitrogen and oxygen atoms in total. The molecule has 5 heteroatoms. The highest BCUT2D eigenvalue weighted by atomic mass is 19.3. The van der Waals surface area contributed by atoms with Crippen molar-refractivity contribution in [3.63, 3.8) is 0 Å². The van der Waals surface area contributed by atoms with Crippen LogP contribution in [0.4, 0.5) is 8.78 Å². The number of halogens is 2. The van der Waals surface area contributed by atoms with Crippen LogP contribution in [0.5, 0.6) is 5.88 Å². The maximum atomic E-state index is 12.2. The highest BCUT2D eigenvalue weighted by Crippen LogP contribution is 2.21. The van der Waals surface area contributed by atoms with Gasteiger partial charge in [-0.15, -0.1) is 0 Å². The van der Waals surface area contributed by atoms with E-state index in [2.05, 4.69) is 4.98 Å². The van der Waals surface area contributed by atoms with E-state index in [1.807, 2.05) is 0 Å². The SMILES string of the molecule is COc1ncc(C(N)C(F)F)cc1C. The molecule has 0 saturated heterocycles. The van der Waals surface area contributed by atoms with E-state index in [9.17, 15) is 8.78 Å². The lowest BCUT2D eigenvalue weighted by Gasteiger charge is -2.12. The van der Waals surface area contributed by atoms with Crippen LogP contribution in [0.15, 0.2) is 12.3 Å². The van der Waals surface area contributed by atoms with Crippen LogP contribution in [-0.4, -0.2) is 18.5 Å². The molecule has 14 heavy (non-hydrogen) atoms. The molecule has 2 N–H and O–H groups in total. The van der Waals surface area contributed by atoms with E-state index in [0.29, 0.717) is 17.0 Å². The van der Waals surface area contributed by atoms with Gasteiger partial charge >= 0.3 is 0 Å². The summed E-state index contributed by atoms with van der Waals surface area (Å²) >= 11 is 0. The summed E-state index contributed by atoms with van der Waals surface area (Å²) < 4.78 is 29.4. The zero-order chi connectivity index (χ0) is 10.7. The van der Waals surface area contributed by atoms with E-state index >= 15 is 0 Å². The number of nitrogens with two attached hydrogens (primary N) is 1. The summed E-state index contributed by atoms with van der Waals surface area (Å²) in [5, 5.41) is 0. The summed E-state index contributed by atoms with van der Waals surface area (Å²) in [6.45, 7) is 1.73. The van der Waals surface area contributed by atoms with E-state index in [4.69, 9.17) is 10.5 Å². The average molecular weight is 202 g/mol. The molecule has 0 aliphatic rings. The molecule has 1 aromatic heterocycles. The zero-order valence-corrected chi connectivity index (χ0v) is 8.00. The van der Waals surface area contributed by atoms with E-state index in [1.165, 1.54) is 13.3 Å². The molecule has 1 atom stereocenters. The predicted octanol–water partition coefficient (Wildman–Crippen LogP) is 1.66. The average Bonchev–Trinajstić information content (AvgIpc) is 2.16. The van der Waals surface area contributed by atoms with E-state index in [0.717, 1.165) is 0 Å². The van der Waals surface area contributed by atoms with Gasteiger partial charge in [-0.25, -0.2) is 13.8 Å². The van der Waals surface area contributed by atoms with Crippen LogP contribution in [-0.2, 0) is 0 Å². The Bertz CT molecular complexity index is 318. The maximum absolute atomic E-state index is 12.2. The van der Waals surface area contributed by atoms with Crippen LogP contribution in [0.2, 0.25) is 0 Å². The third kappa shape index (κ3) is 2.17. The lowest BCUT2D eigenvalue weighted by Crippen LogP contribution is -2.19. The highest BCUT2D eigenvalue weighted by molar-refractivity contribution is 5.30. The Morgan fingerprint density at radius 1 is 1.50 bits per heavy atom. The topological polar surface area (TPSA) is 48.1 Å². The number of nitrogens with zero attached hydrogens (tertiary/aromatic N) is 1. The first-order valence-corrected chi connectivity index (χ1v) is 4.10. The minimum absolute atomic E-state index is 0.318. The summed E-state index contributed by atoms with van der Waals surface area (Å²) in [6.07, 6.45) is -1.27. The Labute approximate surface area is 80.9 Å². The Morgan fingerprint density at radius 3 is 2.57 bits per heavy atom. The quantitative estimate of drug-likeness (QED) is 0.810. The van der Waals surface area contributed by atoms with Gasteiger partial charge in [0, 0.05) is 11.8 Å². The number of pyridine rings is 1. The number of hydrogen-bond acceptors (Lipinski definition) is 3. The van der Waals surface area contributed by atoms with Gasteiger partial charge in [0.1, 0.15) is 0 Å². The van der Waals surface area contributed by atoms with Crippen molar-refractivity contribution in [2.45, 2.75) is 19.4 Å². The van der Waals surface area contributed by atoms with Crippen molar-refractivity contribution in [2.75, 3.05) is 7.11 Å². The van der Waals surface area contributed by atoms with Crippen molar-refractivity contribution >= 4 is 0 Å². The smallest absolute Gasteiger partial charge is 0.257 e. The van der Waals surface area contributed by atoms with Gasteiger partial charge in [0.25, 0.3) is 6.43 Å². The van der Waals surface area contributed by atoms with Crippen LogP contribution in [0.1, 0.15) is 17.2 Å². The van der Waals surface area contributed by atoms with Gasteiger partial charge in [0.15, 0.2) is 0 Å². The van der Waals surface area contributed by atoms with Gasteiger partial charge in [-0.05, 0) is 18.6 Å². The molecule has 0 amide bonds. The van der Waals surface area contributed by atoms with Crippen molar-refractivity contribution in [3.05, 3.63) is 23.4 Å². The molecular weight excluding hydrogens is 190 g/mol. The summed E-state index contributed by atoms with van der Waals surface area (Å²) in [5.74, 6) is 0.426. The number of hydrogen-bond donors (Lipinski definition) is 1. The van der Waals surface area contributed by atoms with Crippen LogP contribution in [0, 0.1) is 6.92 Å². The molecule has 78 valence electrons. The van der Waals surface area contributed by atoms with Gasteiger partial charge in [0.2, 0.25) is 5.88 Å². The van der Waals surface area contributed by atoms with Crippen LogP contribution in [0.25, 0.3) is 0 Å².